The average molecular weight is 232 g/mol. The van der Waals surface area contributed by atoms with Gasteiger partial charge in [0.05, 0.1) is 12.2 Å². The van der Waals surface area contributed by atoms with E-state index >= 15 is 0 Å². The Morgan fingerprint density at radius 2 is 2.12 bits per heavy atom. The maximum atomic E-state index is 5.48. The Bertz CT molecular complexity index is 487. The van der Waals surface area contributed by atoms with E-state index in [-0.39, 0.29) is 0 Å². The molecule has 0 aromatic carbocycles. The summed E-state index contributed by atoms with van der Waals surface area (Å²) in [4.78, 5) is 12.6. The molecule has 0 spiro atoms. The van der Waals surface area contributed by atoms with Gasteiger partial charge >= 0.3 is 0 Å². The molecule has 0 saturated carbocycles. The standard InChI is InChI=1S/C12H16N4O/c1-4-10-5-11(15-7-14-10)13-6-12-16-8(2)9(3)17-12/h5,7H,4,6H2,1-3H3,(H,13,14,15). The van der Waals surface area contributed by atoms with Crippen molar-refractivity contribution in [1.82, 2.24) is 15.0 Å². The minimum atomic E-state index is 0.537. The molecule has 0 aliphatic carbocycles. The highest BCUT2D eigenvalue weighted by atomic mass is 16.4. The molecule has 2 aromatic rings. The second-order valence-electron chi connectivity index (χ2n) is 3.85. The van der Waals surface area contributed by atoms with Gasteiger partial charge in [-0.25, -0.2) is 15.0 Å². The molecule has 5 heteroatoms. The largest absolute Gasteiger partial charge is 0.444 e. The third-order valence-electron chi connectivity index (χ3n) is 2.58. The second kappa shape index (κ2) is 4.95. The van der Waals surface area contributed by atoms with Crippen molar-refractivity contribution in [3.8, 4) is 0 Å². The molecular formula is C12H16N4O. The number of nitrogens with one attached hydrogen (secondary N) is 1. The van der Waals surface area contributed by atoms with Crippen LogP contribution in [-0.2, 0) is 13.0 Å². The summed E-state index contributed by atoms with van der Waals surface area (Å²) in [7, 11) is 0. The van der Waals surface area contributed by atoms with Crippen LogP contribution in [-0.4, -0.2) is 15.0 Å². The molecule has 0 aliphatic heterocycles. The van der Waals surface area contributed by atoms with Crippen LogP contribution in [0.15, 0.2) is 16.8 Å². The van der Waals surface area contributed by atoms with Crippen LogP contribution in [0, 0.1) is 13.8 Å². The SMILES string of the molecule is CCc1cc(NCc2nc(C)c(C)o2)ncn1. The van der Waals surface area contributed by atoms with Gasteiger partial charge in [0.15, 0.2) is 0 Å². The molecule has 0 amide bonds. The molecule has 0 fully saturated rings. The molecule has 0 unspecified atom stereocenters. The van der Waals surface area contributed by atoms with Gasteiger partial charge in [0, 0.05) is 11.8 Å². The van der Waals surface area contributed by atoms with E-state index in [1.54, 1.807) is 6.33 Å². The lowest BCUT2D eigenvalue weighted by atomic mass is 10.3. The first-order valence-corrected chi connectivity index (χ1v) is 5.66. The Morgan fingerprint density at radius 1 is 1.29 bits per heavy atom. The van der Waals surface area contributed by atoms with Gasteiger partial charge in [0.1, 0.15) is 17.9 Å². The number of oxazole rings is 1. The fourth-order valence-electron chi connectivity index (χ4n) is 1.47. The molecule has 0 radical (unpaired) electrons. The maximum Gasteiger partial charge on any atom is 0.213 e. The highest BCUT2D eigenvalue weighted by Crippen LogP contribution is 2.10. The van der Waals surface area contributed by atoms with Gasteiger partial charge in [-0.1, -0.05) is 6.92 Å². The minimum Gasteiger partial charge on any atom is -0.444 e. The third kappa shape index (κ3) is 2.81. The van der Waals surface area contributed by atoms with Gasteiger partial charge in [-0.05, 0) is 20.3 Å². The monoisotopic (exact) mass is 232 g/mol. The van der Waals surface area contributed by atoms with Crippen LogP contribution >= 0.6 is 0 Å². The topological polar surface area (TPSA) is 63.8 Å². The number of nitrogens with zero attached hydrogens (tertiary/aromatic N) is 3. The molecule has 1 N–H and O–H groups in total. The number of hydrogen-bond acceptors (Lipinski definition) is 5. The summed E-state index contributed by atoms with van der Waals surface area (Å²) in [6.07, 6.45) is 2.46. The van der Waals surface area contributed by atoms with E-state index in [9.17, 15) is 0 Å². The van der Waals surface area contributed by atoms with Gasteiger partial charge in [-0.15, -0.1) is 0 Å². The number of rotatable bonds is 4. The third-order valence-corrected chi connectivity index (χ3v) is 2.58. The summed E-state index contributed by atoms with van der Waals surface area (Å²) in [5.74, 6) is 2.33. The lowest BCUT2D eigenvalue weighted by molar-refractivity contribution is 0.478. The summed E-state index contributed by atoms with van der Waals surface area (Å²) < 4.78 is 5.48. The van der Waals surface area contributed by atoms with Crippen molar-refractivity contribution in [2.24, 2.45) is 0 Å². The zero-order chi connectivity index (χ0) is 12.3. The van der Waals surface area contributed by atoms with Gasteiger partial charge in [-0.3, -0.25) is 0 Å². The highest BCUT2D eigenvalue weighted by Gasteiger charge is 2.05. The van der Waals surface area contributed by atoms with E-state index in [2.05, 4.69) is 27.2 Å². The van der Waals surface area contributed by atoms with E-state index < -0.39 is 0 Å². The highest BCUT2D eigenvalue weighted by molar-refractivity contribution is 5.34. The van der Waals surface area contributed by atoms with Crippen molar-refractivity contribution in [2.45, 2.75) is 33.7 Å². The van der Waals surface area contributed by atoms with E-state index in [0.29, 0.717) is 12.4 Å². The fraction of sp³-hybridized carbons (Fsp3) is 0.417. The summed E-state index contributed by atoms with van der Waals surface area (Å²) in [5, 5.41) is 3.17. The quantitative estimate of drug-likeness (QED) is 0.876. The molecule has 0 saturated heterocycles. The maximum absolute atomic E-state index is 5.48. The molecule has 0 bridgehead atoms. The summed E-state index contributed by atoms with van der Waals surface area (Å²) in [6, 6.07) is 1.93. The molecular weight excluding hydrogens is 216 g/mol. The lowest BCUT2D eigenvalue weighted by Gasteiger charge is -2.03. The summed E-state index contributed by atoms with van der Waals surface area (Å²) >= 11 is 0. The zero-order valence-electron chi connectivity index (χ0n) is 10.3. The van der Waals surface area contributed by atoms with Gasteiger partial charge in [0.2, 0.25) is 5.89 Å². The Kier molecular flexibility index (Phi) is 3.37. The normalized spacial score (nSPS) is 10.5. The van der Waals surface area contributed by atoms with Gasteiger partial charge < -0.3 is 9.73 Å². The number of aromatic nitrogens is 3. The van der Waals surface area contributed by atoms with Crippen molar-refractivity contribution in [3.05, 3.63) is 35.4 Å². The van der Waals surface area contributed by atoms with Crippen molar-refractivity contribution < 1.29 is 4.42 Å². The van der Waals surface area contributed by atoms with Crippen molar-refractivity contribution >= 4 is 5.82 Å². The second-order valence-corrected chi connectivity index (χ2v) is 3.85. The van der Waals surface area contributed by atoms with Crippen molar-refractivity contribution in [1.29, 1.82) is 0 Å². The average Bonchev–Trinajstić information content (AvgIpc) is 2.67. The van der Waals surface area contributed by atoms with Crippen LogP contribution in [0.2, 0.25) is 0 Å². The predicted molar refractivity (Wildman–Crippen MR) is 64.7 cm³/mol. The van der Waals surface area contributed by atoms with E-state index in [4.69, 9.17) is 4.42 Å². The van der Waals surface area contributed by atoms with Crippen LogP contribution in [0.4, 0.5) is 5.82 Å². The Hall–Kier alpha value is -1.91. The Labute approximate surface area is 100 Å². The fourth-order valence-corrected chi connectivity index (χ4v) is 1.47. The van der Waals surface area contributed by atoms with Crippen LogP contribution in [0.1, 0.15) is 30.0 Å². The first-order valence-electron chi connectivity index (χ1n) is 5.66. The lowest BCUT2D eigenvalue weighted by Crippen LogP contribution is -2.03. The number of aryl methyl sites for hydroxylation is 3. The Balaban J connectivity index is 2.01. The molecule has 2 heterocycles. The molecule has 2 rings (SSSR count). The number of hydrogen-bond donors (Lipinski definition) is 1. The molecule has 17 heavy (non-hydrogen) atoms. The molecule has 2 aromatic heterocycles. The zero-order valence-corrected chi connectivity index (χ0v) is 10.3. The van der Waals surface area contributed by atoms with E-state index in [0.717, 1.165) is 29.4 Å². The first kappa shape index (κ1) is 11.6. The molecule has 90 valence electrons. The van der Waals surface area contributed by atoms with Crippen LogP contribution in [0.3, 0.4) is 0 Å². The molecule has 5 nitrogen and oxygen atoms in total. The van der Waals surface area contributed by atoms with E-state index in [1.165, 1.54) is 0 Å². The van der Waals surface area contributed by atoms with Crippen LogP contribution in [0.5, 0.6) is 0 Å². The smallest absolute Gasteiger partial charge is 0.213 e. The Morgan fingerprint density at radius 3 is 2.76 bits per heavy atom. The molecule has 0 aliphatic rings. The minimum absolute atomic E-state index is 0.537. The predicted octanol–water partition coefficient (Wildman–Crippen LogP) is 2.26. The summed E-state index contributed by atoms with van der Waals surface area (Å²) in [5.41, 5.74) is 1.95. The van der Waals surface area contributed by atoms with E-state index in [1.807, 2.05) is 19.9 Å². The number of anilines is 1. The van der Waals surface area contributed by atoms with Crippen molar-refractivity contribution in [3.63, 3.8) is 0 Å². The van der Waals surface area contributed by atoms with Crippen LogP contribution in [0.25, 0.3) is 0 Å². The van der Waals surface area contributed by atoms with Crippen molar-refractivity contribution in [2.75, 3.05) is 5.32 Å². The first-order chi connectivity index (χ1) is 8.19. The summed E-state index contributed by atoms with van der Waals surface area (Å²) in [6.45, 7) is 6.44. The molecule has 0 atom stereocenters. The van der Waals surface area contributed by atoms with Gasteiger partial charge in [0.25, 0.3) is 0 Å². The van der Waals surface area contributed by atoms with Crippen LogP contribution < -0.4 is 5.32 Å². The van der Waals surface area contributed by atoms with Gasteiger partial charge in [-0.2, -0.15) is 0 Å².